The smallest absolute Gasteiger partial charge is 0.115 e. The third-order valence-electron chi connectivity index (χ3n) is 6.71. The number of hydrogen-bond donors (Lipinski definition) is 4. The van der Waals surface area contributed by atoms with Crippen LogP contribution in [0.2, 0.25) is 0 Å². The van der Waals surface area contributed by atoms with Crippen LogP contribution in [-0.2, 0) is 6.42 Å². The number of phenolic OH excluding ortho intramolecular Hbond substituents is 1. The van der Waals surface area contributed by atoms with Crippen molar-refractivity contribution in [1.82, 2.24) is 0 Å². The summed E-state index contributed by atoms with van der Waals surface area (Å²) in [6.45, 7) is 2.06. The lowest BCUT2D eigenvalue weighted by molar-refractivity contribution is -0.0742. The Morgan fingerprint density at radius 3 is 2.68 bits per heavy atom. The molecule has 0 aliphatic heterocycles. The topological polar surface area (TPSA) is 80.9 Å². The maximum Gasteiger partial charge on any atom is 0.115 e. The van der Waals surface area contributed by atoms with Crippen molar-refractivity contribution in [3.05, 3.63) is 29.3 Å². The van der Waals surface area contributed by atoms with E-state index in [9.17, 15) is 20.4 Å². The number of hydrogen-bond acceptors (Lipinski definition) is 4. The van der Waals surface area contributed by atoms with E-state index in [1.807, 2.05) is 6.07 Å². The number of aliphatic hydroxyl groups is 3. The summed E-state index contributed by atoms with van der Waals surface area (Å²) in [5, 5.41) is 40.9. The molecule has 0 heterocycles. The van der Waals surface area contributed by atoms with E-state index < -0.39 is 18.3 Å². The van der Waals surface area contributed by atoms with Gasteiger partial charge < -0.3 is 20.4 Å². The minimum absolute atomic E-state index is 0.0857. The van der Waals surface area contributed by atoms with E-state index in [0.29, 0.717) is 12.8 Å². The van der Waals surface area contributed by atoms with E-state index in [-0.39, 0.29) is 28.9 Å². The molecule has 0 aromatic heterocycles. The van der Waals surface area contributed by atoms with Gasteiger partial charge in [0.1, 0.15) is 5.75 Å². The second kappa shape index (κ2) is 4.70. The first-order chi connectivity index (χ1) is 10.4. The molecule has 4 rings (SSSR count). The third-order valence-corrected chi connectivity index (χ3v) is 6.71. The first kappa shape index (κ1) is 14.5. The summed E-state index contributed by atoms with van der Waals surface area (Å²) >= 11 is 0. The molecule has 22 heavy (non-hydrogen) atoms. The number of fused-ring (bicyclic) bond motifs is 5. The first-order valence-electron chi connectivity index (χ1n) is 8.28. The SMILES string of the molecule is C[C@]12CC[C@@H]3c4ccc(O)cc4CC(O)[C@H]3[C@@H]1C[C@@H](O)[C@@H]2O. The van der Waals surface area contributed by atoms with Gasteiger partial charge in [0.15, 0.2) is 0 Å². The zero-order valence-electron chi connectivity index (χ0n) is 12.8. The summed E-state index contributed by atoms with van der Waals surface area (Å²) < 4.78 is 0. The van der Waals surface area contributed by atoms with E-state index in [2.05, 4.69) is 6.92 Å². The van der Waals surface area contributed by atoms with Gasteiger partial charge in [-0.25, -0.2) is 0 Å². The Bertz CT molecular complexity index is 601. The Morgan fingerprint density at radius 2 is 1.91 bits per heavy atom. The fourth-order valence-corrected chi connectivity index (χ4v) is 5.58. The molecule has 4 N–H and O–H groups in total. The minimum atomic E-state index is -0.688. The van der Waals surface area contributed by atoms with Gasteiger partial charge in [-0.05, 0) is 72.1 Å². The summed E-state index contributed by atoms with van der Waals surface area (Å²) in [7, 11) is 0. The molecular weight excluding hydrogens is 280 g/mol. The number of phenols is 1. The van der Waals surface area contributed by atoms with Gasteiger partial charge in [0.25, 0.3) is 0 Å². The normalized spacial score (nSPS) is 46.7. The summed E-state index contributed by atoms with van der Waals surface area (Å²) in [6, 6.07) is 5.47. The molecule has 4 heteroatoms. The highest BCUT2D eigenvalue weighted by Crippen LogP contribution is 2.60. The fraction of sp³-hybridized carbons (Fsp3) is 0.667. The number of aromatic hydroxyl groups is 1. The van der Waals surface area contributed by atoms with E-state index in [4.69, 9.17) is 0 Å². The zero-order chi connectivity index (χ0) is 15.6. The van der Waals surface area contributed by atoms with Crippen LogP contribution in [0.15, 0.2) is 18.2 Å². The van der Waals surface area contributed by atoms with Crippen LogP contribution in [-0.4, -0.2) is 38.7 Å². The minimum Gasteiger partial charge on any atom is -0.508 e. The molecule has 3 aliphatic rings. The van der Waals surface area contributed by atoms with Gasteiger partial charge in [0.05, 0.1) is 18.3 Å². The van der Waals surface area contributed by atoms with Crippen LogP contribution in [0.3, 0.4) is 0 Å². The van der Waals surface area contributed by atoms with Crippen molar-refractivity contribution in [2.45, 2.75) is 56.8 Å². The van der Waals surface area contributed by atoms with Crippen LogP contribution in [0.1, 0.15) is 43.2 Å². The lowest BCUT2D eigenvalue weighted by atomic mass is 9.54. The molecule has 0 saturated heterocycles. The van der Waals surface area contributed by atoms with Gasteiger partial charge >= 0.3 is 0 Å². The quantitative estimate of drug-likeness (QED) is 0.586. The standard InChI is InChI=1S/C18H24O4/c1-18-5-4-12-11-3-2-10(19)6-9(11)7-14(20)16(12)13(18)8-15(21)17(18)22/h2-3,6,12-17,19-22H,4-5,7-8H2,1H3/t12-,13+,14?,15-,16-,17+,18+/m1/s1. The van der Waals surface area contributed by atoms with Gasteiger partial charge in [-0.2, -0.15) is 0 Å². The maximum atomic E-state index is 10.7. The molecule has 1 aromatic rings. The summed E-state index contributed by atoms with van der Waals surface area (Å²) in [5.41, 5.74) is 1.97. The molecule has 7 atom stereocenters. The summed E-state index contributed by atoms with van der Waals surface area (Å²) in [5.74, 6) is 0.738. The highest BCUT2D eigenvalue weighted by Gasteiger charge is 2.59. The molecule has 3 aliphatic carbocycles. The molecule has 4 nitrogen and oxygen atoms in total. The highest BCUT2D eigenvalue weighted by atomic mass is 16.3. The van der Waals surface area contributed by atoms with Crippen LogP contribution in [0.25, 0.3) is 0 Å². The van der Waals surface area contributed by atoms with E-state index in [1.54, 1.807) is 12.1 Å². The third kappa shape index (κ3) is 1.81. The Labute approximate surface area is 130 Å². The van der Waals surface area contributed by atoms with Crippen LogP contribution >= 0.6 is 0 Å². The number of benzene rings is 1. The second-order valence-electron chi connectivity index (χ2n) is 7.74. The molecular formula is C18H24O4. The van der Waals surface area contributed by atoms with E-state index in [1.165, 1.54) is 5.56 Å². The fourth-order valence-electron chi connectivity index (χ4n) is 5.58. The van der Waals surface area contributed by atoms with Crippen LogP contribution in [0, 0.1) is 17.3 Å². The van der Waals surface area contributed by atoms with Gasteiger partial charge in [-0.3, -0.25) is 0 Å². The van der Waals surface area contributed by atoms with E-state index >= 15 is 0 Å². The lowest BCUT2D eigenvalue weighted by Gasteiger charge is -2.51. The Kier molecular flexibility index (Phi) is 3.09. The molecule has 0 spiro atoms. The molecule has 1 aromatic carbocycles. The van der Waals surface area contributed by atoms with Crippen molar-refractivity contribution in [3.63, 3.8) is 0 Å². The Balaban J connectivity index is 1.76. The van der Waals surface area contributed by atoms with Gasteiger partial charge in [0.2, 0.25) is 0 Å². The Morgan fingerprint density at radius 1 is 1.14 bits per heavy atom. The van der Waals surface area contributed by atoms with E-state index in [0.717, 1.165) is 18.4 Å². The molecule has 2 fully saturated rings. The van der Waals surface area contributed by atoms with Gasteiger partial charge in [-0.15, -0.1) is 0 Å². The van der Waals surface area contributed by atoms with Crippen LogP contribution in [0.5, 0.6) is 5.75 Å². The monoisotopic (exact) mass is 304 g/mol. The van der Waals surface area contributed by atoms with Crippen molar-refractivity contribution in [3.8, 4) is 5.75 Å². The molecule has 0 radical (unpaired) electrons. The van der Waals surface area contributed by atoms with Crippen molar-refractivity contribution >= 4 is 0 Å². The summed E-state index contributed by atoms with van der Waals surface area (Å²) in [4.78, 5) is 0. The van der Waals surface area contributed by atoms with Crippen LogP contribution in [0.4, 0.5) is 0 Å². The van der Waals surface area contributed by atoms with Gasteiger partial charge in [-0.1, -0.05) is 13.0 Å². The molecule has 0 bridgehead atoms. The maximum absolute atomic E-state index is 10.7. The highest BCUT2D eigenvalue weighted by molar-refractivity contribution is 5.41. The second-order valence-corrected chi connectivity index (χ2v) is 7.74. The lowest BCUT2D eigenvalue weighted by Crippen LogP contribution is -2.49. The largest absolute Gasteiger partial charge is 0.508 e. The van der Waals surface area contributed by atoms with Crippen molar-refractivity contribution in [2.24, 2.45) is 17.3 Å². The van der Waals surface area contributed by atoms with Crippen molar-refractivity contribution < 1.29 is 20.4 Å². The predicted octanol–water partition coefficient (Wildman–Crippen LogP) is 1.55. The molecule has 0 amide bonds. The van der Waals surface area contributed by atoms with Gasteiger partial charge in [0, 0.05) is 0 Å². The molecule has 120 valence electrons. The molecule has 1 unspecified atom stereocenters. The average molecular weight is 304 g/mol. The van der Waals surface area contributed by atoms with Crippen molar-refractivity contribution in [2.75, 3.05) is 0 Å². The summed E-state index contributed by atoms with van der Waals surface area (Å²) in [6.07, 6.45) is 1.06. The zero-order valence-corrected chi connectivity index (χ0v) is 12.8. The predicted molar refractivity (Wildman–Crippen MR) is 81.5 cm³/mol. The Hall–Kier alpha value is -1.10. The van der Waals surface area contributed by atoms with Crippen molar-refractivity contribution in [1.29, 1.82) is 0 Å². The average Bonchev–Trinajstić information content (AvgIpc) is 2.70. The first-order valence-corrected chi connectivity index (χ1v) is 8.28. The number of rotatable bonds is 0. The van der Waals surface area contributed by atoms with Crippen LogP contribution < -0.4 is 0 Å². The number of aliphatic hydroxyl groups excluding tert-OH is 3. The molecule has 2 saturated carbocycles.